The number of carbonyl (C=O) groups excluding carboxylic acids is 1. The van der Waals surface area contributed by atoms with Gasteiger partial charge in [-0.1, -0.05) is 34.1 Å². The number of aryl methyl sites for hydroxylation is 1. The second-order valence-electron chi connectivity index (χ2n) is 3.64. The van der Waals surface area contributed by atoms with E-state index < -0.39 is 5.97 Å². The quantitative estimate of drug-likeness (QED) is 0.294. The number of carbonyl (C=O) groups is 1. The van der Waals surface area contributed by atoms with Crippen molar-refractivity contribution in [3.8, 4) is 0 Å². The molecule has 0 spiro atoms. The van der Waals surface area contributed by atoms with Gasteiger partial charge < -0.3 is 9.84 Å². The van der Waals surface area contributed by atoms with Crippen molar-refractivity contribution in [2.45, 2.75) is 13.8 Å². The SMILES string of the molecule is CCOC(=O)/C(N=Nc1ccccc1C)=C(\O)CBr. The third kappa shape index (κ3) is 4.48. The Balaban J connectivity index is 3.03. The Labute approximate surface area is 120 Å². The summed E-state index contributed by atoms with van der Waals surface area (Å²) in [5.74, 6) is -0.910. The molecule has 1 N–H and O–H groups in total. The highest BCUT2D eigenvalue weighted by atomic mass is 79.9. The number of alkyl halides is 1. The predicted octanol–water partition coefficient (Wildman–Crippen LogP) is 3.81. The molecule has 6 heteroatoms. The number of hydrogen-bond donors (Lipinski definition) is 1. The zero-order chi connectivity index (χ0) is 14.3. The zero-order valence-electron chi connectivity index (χ0n) is 10.8. The maximum Gasteiger partial charge on any atom is 0.362 e. The highest BCUT2D eigenvalue weighted by Crippen LogP contribution is 2.20. The number of aliphatic hydroxyl groups is 1. The van der Waals surface area contributed by atoms with E-state index in [2.05, 4.69) is 26.2 Å². The first-order valence-corrected chi connectivity index (χ1v) is 6.84. The predicted molar refractivity (Wildman–Crippen MR) is 75.8 cm³/mol. The Bertz CT molecular complexity index is 512. The first kappa shape index (κ1) is 15.4. The molecule has 0 unspecified atom stereocenters. The molecule has 0 aliphatic heterocycles. The van der Waals surface area contributed by atoms with Crippen molar-refractivity contribution in [2.75, 3.05) is 11.9 Å². The summed E-state index contributed by atoms with van der Waals surface area (Å²) in [5.41, 5.74) is 1.36. The second-order valence-corrected chi connectivity index (χ2v) is 4.20. The molecule has 102 valence electrons. The first-order valence-electron chi connectivity index (χ1n) is 5.72. The molecule has 0 amide bonds. The van der Waals surface area contributed by atoms with Gasteiger partial charge in [-0.25, -0.2) is 4.79 Å². The topological polar surface area (TPSA) is 71.2 Å². The number of hydrogen-bond acceptors (Lipinski definition) is 5. The summed E-state index contributed by atoms with van der Waals surface area (Å²) < 4.78 is 4.81. The van der Waals surface area contributed by atoms with E-state index in [9.17, 15) is 9.90 Å². The van der Waals surface area contributed by atoms with Crippen LogP contribution < -0.4 is 0 Å². The second kappa shape index (κ2) is 7.68. The fourth-order valence-corrected chi connectivity index (χ4v) is 1.52. The Kier molecular flexibility index (Phi) is 6.21. The molecule has 19 heavy (non-hydrogen) atoms. The molecule has 0 saturated carbocycles. The number of rotatable bonds is 5. The molecule has 5 nitrogen and oxygen atoms in total. The minimum atomic E-state index is -0.697. The van der Waals surface area contributed by atoms with Crippen LogP contribution in [-0.2, 0) is 9.53 Å². The van der Waals surface area contributed by atoms with Gasteiger partial charge in [0, 0.05) is 0 Å². The summed E-state index contributed by atoms with van der Waals surface area (Å²) in [5, 5.41) is 17.5. The standard InChI is InChI=1S/C13H15BrN2O3/c1-3-19-13(18)12(11(17)8-14)16-15-10-7-5-4-6-9(10)2/h4-7,17H,3,8H2,1-2H3/b12-11+,16-15?. The van der Waals surface area contributed by atoms with E-state index in [4.69, 9.17) is 4.74 Å². The van der Waals surface area contributed by atoms with Crippen molar-refractivity contribution in [2.24, 2.45) is 10.2 Å². The number of ether oxygens (including phenoxy) is 1. The molecule has 0 aliphatic carbocycles. The van der Waals surface area contributed by atoms with Crippen molar-refractivity contribution in [3.05, 3.63) is 41.3 Å². The molecule has 0 aliphatic rings. The van der Waals surface area contributed by atoms with Gasteiger partial charge in [0.1, 0.15) is 5.76 Å². The summed E-state index contributed by atoms with van der Waals surface area (Å²) in [6.07, 6.45) is 0. The van der Waals surface area contributed by atoms with E-state index in [0.717, 1.165) is 5.56 Å². The third-order valence-corrected chi connectivity index (χ3v) is 2.77. The normalized spacial score (nSPS) is 12.4. The first-order chi connectivity index (χ1) is 9.10. The van der Waals surface area contributed by atoms with Crippen LogP contribution in [0.15, 0.2) is 46.0 Å². The molecule has 0 heterocycles. The highest BCUT2D eigenvalue weighted by Gasteiger charge is 2.15. The minimum absolute atomic E-state index is 0.105. The van der Waals surface area contributed by atoms with Crippen LogP contribution in [0.1, 0.15) is 12.5 Å². The largest absolute Gasteiger partial charge is 0.509 e. The number of allylic oxidation sites excluding steroid dienone is 1. The molecule has 0 saturated heterocycles. The fourth-order valence-electron chi connectivity index (χ4n) is 1.26. The van der Waals surface area contributed by atoms with Crippen LogP contribution in [0.2, 0.25) is 0 Å². The molecule has 0 atom stereocenters. The van der Waals surface area contributed by atoms with Crippen molar-refractivity contribution < 1.29 is 14.6 Å². The van der Waals surface area contributed by atoms with Gasteiger partial charge >= 0.3 is 5.97 Å². The molecule has 0 bridgehead atoms. The Morgan fingerprint density at radius 1 is 1.42 bits per heavy atom. The van der Waals surface area contributed by atoms with E-state index in [1.54, 1.807) is 13.0 Å². The average Bonchev–Trinajstić information content (AvgIpc) is 2.41. The molecule has 0 aromatic heterocycles. The van der Waals surface area contributed by atoms with Crippen LogP contribution in [0.4, 0.5) is 5.69 Å². The number of halogens is 1. The molecular formula is C13H15BrN2O3. The van der Waals surface area contributed by atoms with Crippen molar-refractivity contribution in [1.82, 2.24) is 0 Å². The molecule has 1 rings (SSSR count). The number of benzene rings is 1. The monoisotopic (exact) mass is 326 g/mol. The zero-order valence-corrected chi connectivity index (χ0v) is 12.3. The smallest absolute Gasteiger partial charge is 0.362 e. The van der Waals surface area contributed by atoms with Gasteiger partial charge in [0.05, 0.1) is 17.6 Å². The maximum absolute atomic E-state index is 11.6. The summed E-state index contributed by atoms with van der Waals surface area (Å²) in [6.45, 7) is 3.77. The molecule has 1 aromatic rings. The number of azo groups is 1. The fraction of sp³-hybridized carbons (Fsp3) is 0.308. The summed E-state index contributed by atoms with van der Waals surface area (Å²) >= 11 is 3.06. The lowest BCUT2D eigenvalue weighted by Gasteiger charge is -2.03. The summed E-state index contributed by atoms with van der Waals surface area (Å²) in [6, 6.07) is 7.35. The Hall–Kier alpha value is -1.69. The Morgan fingerprint density at radius 3 is 2.68 bits per heavy atom. The maximum atomic E-state index is 11.6. The molecule has 0 fully saturated rings. The van der Waals surface area contributed by atoms with E-state index in [1.807, 2.05) is 25.1 Å². The van der Waals surface area contributed by atoms with Crippen LogP contribution in [0.3, 0.4) is 0 Å². The van der Waals surface area contributed by atoms with Gasteiger partial charge in [-0.3, -0.25) is 0 Å². The van der Waals surface area contributed by atoms with Gasteiger partial charge in [-0.15, -0.1) is 10.2 Å². The number of nitrogens with zero attached hydrogens (tertiary/aromatic N) is 2. The lowest BCUT2D eigenvalue weighted by molar-refractivity contribution is -0.138. The van der Waals surface area contributed by atoms with Crippen molar-refractivity contribution >= 4 is 27.6 Å². The van der Waals surface area contributed by atoms with E-state index in [0.29, 0.717) is 5.69 Å². The molecular weight excluding hydrogens is 312 g/mol. The summed E-state index contributed by atoms with van der Waals surface area (Å²) in [7, 11) is 0. The van der Waals surface area contributed by atoms with Gasteiger partial charge in [-0.05, 0) is 25.5 Å². The lowest BCUT2D eigenvalue weighted by Crippen LogP contribution is -2.09. The highest BCUT2D eigenvalue weighted by molar-refractivity contribution is 9.09. The lowest BCUT2D eigenvalue weighted by atomic mass is 10.2. The van der Waals surface area contributed by atoms with Gasteiger partial charge in [-0.2, -0.15) is 0 Å². The van der Waals surface area contributed by atoms with E-state index >= 15 is 0 Å². The number of aliphatic hydroxyl groups excluding tert-OH is 1. The van der Waals surface area contributed by atoms with Gasteiger partial charge in [0.15, 0.2) is 0 Å². The van der Waals surface area contributed by atoms with Crippen LogP contribution in [0.25, 0.3) is 0 Å². The van der Waals surface area contributed by atoms with Crippen LogP contribution >= 0.6 is 15.9 Å². The summed E-state index contributed by atoms with van der Waals surface area (Å²) in [4.78, 5) is 11.6. The molecule has 0 radical (unpaired) electrons. The minimum Gasteiger partial charge on any atom is -0.509 e. The van der Waals surface area contributed by atoms with Gasteiger partial charge in [0.2, 0.25) is 5.70 Å². The third-order valence-electron chi connectivity index (χ3n) is 2.24. The molecule has 1 aromatic carbocycles. The van der Waals surface area contributed by atoms with Crippen LogP contribution in [0, 0.1) is 6.92 Å². The number of esters is 1. The van der Waals surface area contributed by atoms with Gasteiger partial charge in [0.25, 0.3) is 0 Å². The van der Waals surface area contributed by atoms with Crippen LogP contribution in [0.5, 0.6) is 0 Å². The van der Waals surface area contributed by atoms with Crippen molar-refractivity contribution in [1.29, 1.82) is 0 Å². The van der Waals surface area contributed by atoms with Crippen LogP contribution in [-0.4, -0.2) is 23.0 Å². The Morgan fingerprint density at radius 2 is 2.11 bits per heavy atom. The van der Waals surface area contributed by atoms with E-state index in [-0.39, 0.29) is 23.4 Å². The average molecular weight is 327 g/mol. The van der Waals surface area contributed by atoms with E-state index in [1.165, 1.54) is 0 Å². The van der Waals surface area contributed by atoms with Crippen molar-refractivity contribution in [3.63, 3.8) is 0 Å².